The van der Waals surface area contributed by atoms with Gasteiger partial charge in [-0.1, -0.05) is 25.7 Å². The van der Waals surface area contributed by atoms with Crippen LogP contribution in [0, 0.1) is 5.92 Å². The van der Waals surface area contributed by atoms with E-state index in [1.165, 1.54) is 0 Å². The van der Waals surface area contributed by atoms with Crippen molar-refractivity contribution in [3.05, 3.63) is 0 Å². The van der Waals surface area contributed by atoms with E-state index >= 15 is 0 Å². The first-order valence-corrected chi connectivity index (χ1v) is 6.32. The Morgan fingerprint density at radius 2 is 1.47 bits per heavy atom. The van der Waals surface area contributed by atoms with Crippen LogP contribution in [0.25, 0.3) is 0 Å². The third-order valence-electron chi connectivity index (χ3n) is 3.52. The second kappa shape index (κ2) is 6.93. The number of aliphatic hydroxyl groups excluding tert-OH is 3. The van der Waals surface area contributed by atoms with Gasteiger partial charge in [-0.2, -0.15) is 0 Å². The van der Waals surface area contributed by atoms with Gasteiger partial charge in [-0.05, 0) is 12.8 Å². The van der Waals surface area contributed by atoms with Gasteiger partial charge in [-0.25, -0.2) is 0 Å². The molecule has 5 heteroatoms. The lowest BCUT2D eigenvalue weighted by Crippen LogP contribution is -2.58. The average Bonchev–Trinajstić information content (AvgIpc) is 2.65. The van der Waals surface area contributed by atoms with E-state index in [-0.39, 0.29) is 11.8 Å². The lowest BCUT2D eigenvalue weighted by atomic mass is 9.96. The lowest BCUT2D eigenvalue weighted by molar-refractivity contribution is -0.129. The highest BCUT2D eigenvalue weighted by Crippen LogP contribution is 2.23. The van der Waals surface area contributed by atoms with Gasteiger partial charge in [0.05, 0.1) is 19.8 Å². The Hall–Kier alpha value is -0.650. The largest absolute Gasteiger partial charge is 0.394 e. The predicted molar refractivity (Wildman–Crippen MR) is 63.3 cm³/mol. The first-order chi connectivity index (χ1) is 8.17. The fourth-order valence-corrected chi connectivity index (χ4v) is 2.17. The van der Waals surface area contributed by atoms with E-state index in [0.29, 0.717) is 0 Å². The lowest BCUT2D eigenvalue weighted by Gasteiger charge is -2.30. The average molecular weight is 245 g/mol. The molecule has 0 unspecified atom stereocenters. The molecular weight excluding hydrogens is 222 g/mol. The zero-order valence-corrected chi connectivity index (χ0v) is 10.2. The molecule has 1 rings (SSSR count). The molecule has 0 aliphatic heterocycles. The van der Waals surface area contributed by atoms with Crippen LogP contribution >= 0.6 is 0 Å². The van der Waals surface area contributed by atoms with Gasteiger partial charge in [-0.15, -0.1) is 0 Å². The predicted octanol–water partition coefficient (Wildman–Crippen LogP) is -0.211. The third-order valence-corrected chi connectivity index (χ3v) is 3.52. The number of rotatable bonds is 5. The van der Waals surface area contributed by atoms with Crippen LogP contribution in [0.5, 0.6) is 0 Å². The van der Waals surface area contributed by atoms with E-state index in [4.69, 9.17) is 15.3 Å². The summed E-state index contributed by atoms with van der Waals surface area (Å²) < 4.78 is 0. The number of nitrogens with one attached hydrogen (secondary N) is 1. The minimum absolute atomic E-state index is 0.0541. The summed E-state index contributed by atoms with van der Waals surface area (Å²) in [6.45, 7) is -1.38. The molecule has 1 fully saturated rings. The number of carbonyl (C=O) groups excluding carboxylic acids is 1. The topological polar surface area (TPSA) is 89.8 Å². The summed E-state index contributed by atoms with van der Waals surface area (Å²) in [6.07, 6.45) is 6.11. The van der Waals surface area contributed by atoms with Gasteiger partial charge in [0, 0.05) is 5.92 Å². The summed E-state index contributed by atoms with van der Waals surface area (Å²) in [7, 11) is 0. The fourth-order valence-electron chi connectivity index (χ4n) is 2.17. The van der Waals surface area contributed by atoms with Crippen molar-refractivity contribution in [2.45, 2.75) is 44.1 Å². The molecule has 0 heterocycles. The van der Waals surface area contributed by atoms with Gasteiger partial charge in [0.15, 0.2) is 0 Å². The Balaban J connectivity index is 2.56. The standard InChI is InChI=1S/C12H23NO4/c14-7-12(8-15,9-16)13-11(17)10-5-3-1-2-4-6-10/h10,14-16H,1-9H2,(H,13,17). The Kier molecular flexibility index (Phi) is 5.88. The molecule has 4 N–H and O–H groups in total. The van der Waals surface area contributed by atoms with Crippen molar-refractivity contribution < 1.29 is 20.1 Å². The highest BCUT2D eigenvalue weighted by atomic mass is 16.3. The Morgan fingerprint density at radius 3 is 1.88 bits per heavy atom. The highest BCUT2D eigenvalue weighted by molar-refractivity contribution is 5.79. The second-order valence-electron chi connectivity index (χ2n) is 4.93. The van der Waals surface area contributed by atoms with Crippen molar-refractivity contribution in [2.24, 2.45) is 5.92 Å². The van der Waals surface area contributed by atoms with Crippen molar-refractivity contribution >= 4 is 5.91 Å². The Labute approximate surface area is 102 Å². The molecule has 0 saturated heterocycles. The summed E-state index contributed by atoms with van der Waals surface area (Å²) in [4.78, 5) is 12.0. The zero-order chi connectivity index (χ0) is 12.7. The second-order valence-corrected chi connectivity index (χ2v) is 4.93. The van der Waals surface area contributed by atoms with Crippen LogP contribution < -0.4 is 5.32 Å². The van der Waals surface area contributed by atoms with Gasteiger partial charge in [0.1, 0.15) is 5.54 Å². The summed E-state index contributed by atoms with van der Waals surface area (Å²) in [5.41, 5.74) is -1.29. The normalized spacial score (nSPS) is 18.8. The molecule has 0 spiro atoms. The molecule has 17 heavy (non-hydrogen) atoms. The maximum Gasteiger partial charge on any atom is 0.223 e. The number of hydrogen-bond donors (Lipinski definition) is 4. The molecule has 5 nitrogen and oxygen atoms in total. The smallest absolute Gasteiger partial charge is 0.223 e. The molecule has 1 aliphatic carbocycles. The van der Waals surface area contributed by atoms with Gasteiger partial charge < -0.3 is 20.6 Å². The van der Waals surface area contributed by atoms with Crippen LogP contribution in [0.2, 0.25) is 0 Å². The minimum Gasteiger partial charge on any atom is -0.394 e. The molecule has 0 aromatic carbocycles. The molecule has 1 saturated carbocycles. The minimum atomic E-state index is -1.29. The number of carbonyl (C=O) groups is 1. The van der Waals surface area contributed by atoms with Gasteiger partial charge in [0.2, 0.25) is 5.91 Å². The van der Waals surface area contributed by atoms with Crippen LogP contribution in [-0.2, 0) is 4.79 Å². The molecule has 1 amide bonds. The number of aliphatic hydroxyl groups is 3. The zero-order valence-electron chi connectivity index (χ0n) is 10.2. The SMILES string of the molecule is O=C(NC(CO)(CO)CO)C1CCCCCC1. The van der Waals surface area contributed by atoms with E-state index in [2.05, 4.69) is 5.32 Å². The van der Waals surface area contributed by atoms with Crippen molar-refractivity contribution in [2.75, 3.05) is 19.8 Å². The quantitative estimate of drug-likeness (QED) is 0.504. The first kappa shape index (κ1) is 14.4. The third kappa shape index (κ3) is 3.94. The fraction of sp³-hybridized carbons (Fsp3) is 0.917. The maximum absolute atomic E-state index is 12.0. The van der Waals surface area contributed by atoms with Crippen molar-refractivity contribution in [3.8, 4) is 0 Å². The molecule has 100 valence electrons. The van der Waals surface area contributed by atoms with Gasteiger partial charge in [-0.3, -0.25) is 4.79 Å². The summed E-state index contributed by atoms with van der Waals surface area (Å²) >= 11 is 0. The molecule has 0 atom stereocenters. The van der Waals surface area contributed by atoms with Crippen LogP contribution in [0.3, 0.4) is 0 Å². The molecule has 0 bridgehead atoms. The van der Waals surface area contributed by atoms with Crippen LogP contribution in [-0.4, -0.2) is 46.6 Å². The molecule has 0 aromatic heterocycles. The van der Waals surface area contributed by atoms with E-state index in [1.54, 1.807) is 0 Å². The number of hydrogen-bond acceptors (Lipinski definition) is 4. The molecule has 0 aromatic rings. The highest BCUT2D eigenvalue weighted by Gasteiger charge is 2.32. The Morgan fingerprint density at radius 1 is 1.00 bits per heavy atom. The van der Waals surface area contributed by atoms with Crippen molar-refractivity contribution in [3.63, 3.8) is 0 Å². The number of amides is 1. The van der Waals surface area contributed by atoms with Crippen molar-refractivity contribution in [1.29, 1.82) is 0 Å². The van der Waals surface area contributed by atoms with Crippen LogP contribution in [0.15, 0.2) is 0 Å². The maximum atomic E-state index is 12.0. The van der Waals surface area contributed by atoms with E-state index in [9.17, 15) is 4.79 Å². The summed E-state index contributed by atoms with van der Waals surface area (Å²) in [5, 5.41) is 30.0. The first-order valence-electron chi connectivity index (χ1n) is 6.32. The van der Waals surface area contributed by atoms with E-state index in [0.717, 1.165) is 38.5 Å². The monoisotopic (exact) mass is 245 g/mol. The molecular formula is C12H23NO4. The van der Waals surface area contributed by atoms with Gasteiger partial charge >= 0.3 is 0 Å². The summed E-state index contributed by atoms with van der Waals surface area (Å²) in [6, 6.07) is 0. The summed E-state index contributed by atoms with van der Waals surface area (Å²) in [5.74, 6) is -0.217. The van der Waals surface area contributed by atoms with E-state index in [1.807, 2.05) is 0 Å². The molecule has 0 radical (unpaired) electrons. The van der Waals surface area contributed by atoms with Crippen LogP contribution in [0.4, 0.5) is 0 Å². The van der Waals surface area contributed by atoms with Crippen molar-refractivity contribution in [1.82, 2.24) is 5.32 Å². The Bertz CT molecular complexity index is 224. The van der Waals surface area contributed by atoms with Gasteiger partial charge in [0.25, 0.3) is 0 Å². The molecule has 1 aliphatic rings. The van der Waals surface area contributed by atoms with Crippen LogP contribution in [0.1, 0.15) is 38.5 Å². The van der Waals surface area contributed by atoms with E-state index < -0.39 is 25.4 Å².